The minimum absolute atomic E-state index is 0.269. The van der Waals surface area contributed by atoms with Crippen molar-refractivity contribution >= 4 is 29.4 Å². The fourth-order valence-electron chi connectivity index (χ4n) is 0.480. The molecule has 0 spiro atoms. The van der Waals surface area contributed by atoms with Crippen LogP contribution in [0, 0.1) is 0 Å². The van der Waals surface area contributed by atoms with E-state index in [0.29, 0.717) is 0 Å². The van der Waals surface area contributed by atoms with Crippen molar-refractivity contribution in [3.63, 3.8) is 0 Å². The van der Waals surface area contributed by atoms with Gasteiger partial charge in [0.15, 0.2) is 0 Å². The van der Waals surface area contributed by atoms with Gasteiger partial charge in [0.2, 0.25) is 0 Å². The van der Waals surface area contributed by atoms with Crippen molar-refractivity contribution in [1.82, 2.24) is 0 Å². The molecule has 1 aliphatic heterocycles. The highest BCUT2D eigenvalue weighted by molar-refractivity contribution is 8.14. The first-order valence-electron chi connectivity index (χ1n) is 2.14. The molecule has 0 saturated heterocycles. The predicted octanol–water partition coefficient (Wildman–Crippen LogP) is 1.41. The Morgan fingerprint density at radius 3 is 2.86 bits per heavy atom. The van der Waals surface area contributed by atoms with Crippen molar-refractivity contribution in [3.05, 3.63) is 0 Å². The van der Waals surface area contributed by atoms with Crippen LogP contribution in [0.25, 0.3) is 0 Å². The molecule has 0 aliphatic carbocycles. The second-order valence-corrected chi connectivity index (χ2v) is 3.25. The summed E-state index contributed by atoms with van der Waals surface area (Å²) in [6.07, 6.45) is 0. The average Bonchev–Trinajstić information content (AvgIpc) is 1.87. The minimum atomic E-state index is 0.269. The Balaban J connectivity index is 2.50. The van der Waals surface area contributed by atoms with Crippen molar-refractivity contribution < 1.29 is 0 Å². The smallest absolute Gasteiger partial charge is 0.103 e. The zero-order valence-electron chi connectivity index (χ0n) is 4.09. The van der Waals surface area contributed by atoms with Crippen LogP contribution in [0.4, 0.5) is 0 Å². The number of nitrogens with zero attached hydrogens (tertiary/aromatic N) is 1. The van der Waals surface area contributed by atoms with E-state index in [9.17, 15) is 0 Å². The summed E-state index contributed by atoms with van der Waals surface area (Å²) in [4.78, 5) is 4.13. The first-order valence-corrected chi connectivity index (χ1v) is 3.64. The lowest BCUT2D eigenvalue weighted by molar-refractivity contribution is 1.09. The Labute approximate surface area is 53.0 Å². The summed E-state index contributed by atoms with van der Waals surface area (Å²) in [5.74, 6) is 1.05. The van der Waals surface area contributed by atoms with E-state index < -0.39 is 0 Å². The maximum Gasteiger partial charge on any atom is 0.103 e. The highest BCUT2D eigenvalue weighted by Crippen LogP contribution is 2.18. The van der Waals surface area contributed by atoms with Gasteiger partial charge in [-0.05, 0) is 6.92 Å². The van der Waals surface area contributed by atoms with E-state index in [1.807, 2.05) is 6.92 Å². The van der Waals surface area contributed by atoms with Crippen LogP contribution >= 0.6 is 24.4 Å². The Hall–Kier alpha value is 0.370. The van der Waals surface area contributed by atoms with Crippen molar-refractivity contribution in [2.75, 3.05) is 5.75 Å². The maximum absolute atomic E-state index is 4.14. The van der Waals surface area contributed by atoms with Crippen molar-refractivity contribution in [3.8, 4) is 0 Å². The highest BCUT2D eigenvalue weighted by Gasteiger charge is 2.08. The van der Waals surface area contributed by atoms with Gasteiger partial charge in [-0.1, -0.05) is 0 Å². The van der Waals surface area contributed by atoms with Gasteiger partial charge in [-0.3, -0.25) is 4.99 Å². The number of rotatable bonds is 0. The molecule has 0 aromatic heterocycles. The monoisotopic (exact) mass is 133 g/mol. The SMILES string of the molecule is CC1=N[C@H](S)CS1. The summed E-state index contributed by atoms with van der Waals surface area (Å²) in [5.41, 5.74) is 0. The van der Waals surface area contributed by atoms with Crippen molar-refractivity contribution in [2.45, 2.75) is 12.3 Å². The van der Waals surface area contributed by atoms with Gasteiger partial charge >= 0.3 is 0 Å². The van der Waals surface area contributed by atoms with Crippen LogP contribution in [0.3, 0.4) is 0 Å². The molecule has 0 N–H and O–H groups in total. The van der Waals surface area contributed by atoms with Gasteiger partial charge in [-0.15, -0.1) is 11.8 Å². The van der Waals surface area contributed by atoms with Crippen LogP contribution in [0.1, 0.15) is 6.92 Å². The Bertz CT molecular complexity index is 99.9. The molecule has 0 amide bonds. The quantitative estimate of drug-likeness (QED) is 0.493. The van der Waals surface area contributed by atoms with E-state index in [2.05, 4.69) is 17.6 Å². The maximum atomic E-state index is 4.14. The topological polar surface area (TPSA) is 12.4 Å². The predicted molar refractivity (Wildman–Crippen MR) is 38.3 cm³/mol. The van der Waals surface area contributed by atoms with Gasteiger partial charge < -0.3 is 0 Å². The van der Waals surface area contributed by atoms with Crippen LogP contribution in [0.2, 0.25) is 0 Å². The molecule has 1 rings (SSSR count). The molecular formula is C4H7NS2. The Morgan fingerprint density at radius 1 is 2.00 bits per heavy atom. The normalized spacial score (nSPS) is 30.6. The van der Waals surface area contributed by atoms with Gasteiger partial charge in [-0.2, -0.15) is 12.6 Å². The first kappa shape index (κ1) is 5.51. The van der Waals surface area contributed by atoms with E-state index in [4.69, 9.17) is 0 Å². The molecule has 0 aromatic rings. The zero-order valence-corrected chi connectivity index (χ0v) is 5.80. The molecule has 0 fully saturated rings. The second-order valence-electron chi connectivity index (χ2n) is 1.44. The van der Waals surface area contributed by atoms with E-state index in [0.717, 1.165) is 5.75 Å². The summed E-state index contributed by atoms with van der Waals surface area (Å²) in [7, 11) is 0. The number of hydrogen-bond donors (Lipinski definition) is 1. The molecule has 0 bridgehead atoms. The Kier molecular flexibility index (Phi) is 1.65. The molecule has 0 radical (unpaired) electrons. The number of aliphatic imine (C=N–C) groups is 1. The van der Waals surface area contributed by atoms with Crippen molar-refractivity contribution in [2.24, 2.45) is 4.99 Å². The Morgan fingerprint density at radius 2 is 2.71 bits per heavy atom. The van der Waals surface area contributed by atoms with Gasteiger partial charge in [0.25, 0.3) is 0 Å². The van der Waals surface area contributed by atoms with E-state index in [1.54, 1.807) is 11.8 Å². The highest BCUT2D eigenvalue weighted by atomic mass is 32.2. The molecule has 1 aliphatic rings. The van der Waals surface area contributed by atoms with Crippen LogP contribution in [-0.2, 0) is 0 Å². The fourth-order valence-corrected chi connectivity index (χ4v) is 1.62. The van der Waals surface area contributed by atoms with Gasteiger partial charge in [0, 0.05) is 5.75 Å². The largest absolute Gasteiger partial charge is 0.268 e. The molecule has 0 aromatic carbocycles. The fraction of sp³-hybridized carbons (Fsp3) is 0.750. The van der Waals surface area contributed by atoms with Crippen molar-refractivity contribution in [1.29, 1.82) is 0 Å². The van der Waals surface area contributed by atoms with E-state index in [-0.39, 0.29) is 5.37 Å². The number of thioether (sulfide) groups is 1. The summed E-state index contributed by atoms with van der Waals surface area (Å²) < 4.78 is 0. The van der Waals surface area contributed by atoms with E-state index >= 15 is 0 Å². The molecule has 7 heavy (non-hydrogen) atoms. The first-order chi connectivity index (χ1) is 3.29. The molecule has 1 atom stereocenters. The summed E-state index contributed by atoms with van der Waals surface area (Å²) in [6.45, 7) is 2.01. The van der Waals surface area contributed by atoms with Gasteiger partial charge in [-0.25, -0.2) is 0 Å². The molecule has 0 unspecified atom stereocenters. The third-order valence-corrected chi connectivity index (χ3v) is 2.32. The minimum Gasteiger partial charge on any atom is -0.268 e. The van der Waals surface area contributed by atoms with Crippen LogP contribution in [0.5, 0.6) is 0 Å². The van der Waals surface area contributed by atoms with Gasteiger partial charge in [0.05, 0.1) is 5.04 Å². The molecule has 0 saturated carbocycles. The van der Waals surface area contributed by atoms with Crippen LogP contribution in [0.15, 0.2) is 4.99 Å². The second kappa shape index (κ2) is 2.09. The molecule has 1 nitrogen and oxygen atoms in total. The third-order valence-electron chi connectivity index (χ3n) is 0.772. The molecule has 1 heterocycles. The zero-order chi connectivity index (χ0) is 5.28. The van der Waals surface area contributed by atoms with E-state index in [1.165, 1.54) is 5.04 Å². The molecule has 3 heteroatoms. The lowest BCUT2D eigenvalue weighted by Gasteiger charge is -1.86. The number of hydrogen-bond acceptors (Lipinski definition) is 3. The van der Waals surface area contributed by atoms with Gasteiger partial charge in [0.1, 0.15) is 5.37 Å². The van der Waals surface area contributed by atoms with Crippen LogP contribution in [-0.4, -0.2) is 16.2 Å². The van der Waals surface area contributed by atoms with Crippen LogP contribution < -0.4 is 0 Å². The lowest BCUT2D eigenvalue weighted by Crippen LogP contribution is -1.87. The average molecular weight is 133 g/mol. The standard InChI is InChI=1S/C4H7NS2/c1-3-5-4(6)2-7-3/h4,6H,2H2,1H3/t4-/m1/s1. The lowest BCUT2D eigenvalue weighted by atomic mass is 10.7. The summed E-state index contributed by atoms with van der Waals surface area (Å²) in [5, 5.41) is 1.44. The summed E-state index contributed by atoms with van der Waals surface area (Å²) in [6, 6.07) is 0. The molecule has 40 valence electrons. The molecular weight excluding hydrogens is 126 g/mol. The summed E-state index contributed by atoms with van der Waals surface area (Å²) >= 11 is 5.92. The third kappa shape index (κ3) is 1.39. The number of thiol groups is 1.